The zero-order chi connectivity index (χ0) is 15.7. The molecule has 0 aliphatic heterocycles. The first-order chi connectivity index (χ1) is 10.4. The standard InChI is InChI=1S/C18H28N2OS/c1-18(2,3)14-8-6-12(7-9-14)16(21)19-10-15-11-22-17(20-15)13-4-5-13/h11-14H,4-10H2,1-3H3,(H,19,21). The second kappa shape index (κ2) is 6.31. The second-order valence-corrected chi connectivity index (χ2v) is 8.97. The van der Waals surface area contributed by atoms with E-state index >= 15 is 0 Å². The van der Waals surface area contributed by atoms with Gasteiger partial charge in [0.2, 0.25) is 5.91 Å². The molecule has 1 N–H and O–H groups in total. The third-order valence-corrected chi connectivity index (χ3v) is 6.32. The molecule has 2 saturated carbocycles. The zero-order valence-corrected chi connectivity index (χ0v) is 14.8. The third kappa shape index (κ3) is 3.89. The molecule has 0 saturated heterocycles. The molecular weight excluding hydrogens is 292 g/mol. The van der Waals surface area contributed by atoms with Crippen LogP contribution in [0, 0.1) is 17.3 Å². The van der Waals surface area contributed by atoms with Gasteiger partial charge in [-0.05, 0) is 49.9 Å². The maximum Gasteiger partial charge on any atom is 0.223 e. The van der Waals surface area contributed by atoms with Gasteiger partial charge in [-0.3, -0.25) is 4.79 Å². The lowest BCUT2D eigenvalue weighted by Crippen LogP contribution is -2.35. The molecule has 2 fully saturated rings. The molecule has 1 amide bonds. The highest BCUT2D eigenvalue weighted by molar-refractivity contribution is 7.09. The first-order valence-corrected chi connectivity index (χ1v) is 9.53. The summed E-state index contributed by atoms with van der Waals surface area (Å²) < 4.78 is 0. The highest BCUT2D eigenvalue weighted by Crippen LogP contribution is 2.41. The van der Waals surface area contributed by atoms with Gasteiger partial charge in [-0.15, -0.1) is 11.3 Å². The Morgan fingerprint density at radius 3 is 2.50 bits per heavy atom. The van der Waals surface area contributed by atoms with E-state index in [0.717, 1.165) is 24.5 Å². The molecular formula is C18H28N2OS. The lowest BCUT2D eigenvalue weighted by Gasteiger charge is -2.36. The Balaban J connectivity index is 1.44. The van der Waals surface area contributed by atoms with Gasteiger partial charge in [0.25, 0.3) is 0 Å². The molecule has 22 heavy (non-hydrogen) atoms. The lowest BCUT2D eigenvalue weighted by molar-refractivity contribution is -0.126. The van der Waals surface area contributed by atoms with Crippen LogP contribution in [0.2, 0.25) is 0 Å². The monoisotopic (exact) mass is 320 g/mol. The summed E-state index contributed by atoms with van der Waals surface area (Å²) in [5, 5.41) is 6.46. The van der Waals surface area contributed by atoms with Gasteiger partial charge in [0.15, 0.2) is 0 Å². The van der Waals surface area contributed by atoms with Crippen molar-refractivity contribution in [1.82, 2.24) is 10.3 Å². The average Bonchev–Trinajstić information content (AvgIpc) is 3.23. The number of nitrogens with one attached hydrogen (secondary N) is 1. The molecule has 2 aliphatic rings. The molecule has 0 spiro atoms. The quantitative estimate of drug-likeness (QED) is 0.888. The normalized spacial score (nSPS) is 26.0. The smallest absolute Gasteiger partial charge is 0.223 e. The maximum absolute atomic E-state index is 12.3. The van der Waals surface area contributed by atoms with E-state index in [0.29, 0.717) is 17.9 Å². The average molecular weight is 321 g/mol. The topological polar surface area (TPSA) is 42.0 Å². The van der Waals surface area contributed by atoms with Crippen LogP contribution in [0.15, 0.2) is 5.38 Å². The molecule has 2 aliphatic carbocycles. The minimum Gasteiger partial charge on any atom is -0.350 e. The number of carbonyl (C=O) groups is 1. The summed E-state index contributed by atoms with van der Waals surface area (Å²) in [4.78, 5) is 17.0. The van der Waals surface area contributed by atoms with Gasteiger partial charge in [-0.25, -0.2) is 4.98 Å². The number of aromatic nitrogens is 1. The Bertz CT molecular complexity index is 519. The van der Waals surface area contributed by atoms with Crippen LogP contribution >= 0.6 is 11.3 Å². The molecule has 3 nitrogen and oxygen atoms in total. The van der Waals surface area contributed by atoms with E-state index < -0.39 is 0 Å². The van der Waals surface area contributed by atoms with Crippen molar-refractivity contribution in [2.45, 2.75) is 71.8 Å². The fourth-order valence-corrected chi connectivity index (χ4v) is 4.46. The summed E-state index contributed by atoms with van der Waals surface area (Å²) >= 11 is 1.75. The van der Waals surface area contributed by atoms with Crippen LogP contribution in [-0.2, 0) is 11.3 Å². The maximum atomic E-state index is 12.3. The summed E-state index contributed by atoms with van der Waals surface area (Å²) in [6, 6.07) is 0. The number of rotatable bonds is 4. The largest absolute Gasteiger partial charge is 0.350 e. The number of hydrogen-bond donors (Lipinski definition) is 1. The predicted octanol–water partition coefficient (Wildman–Crippen LogP) is 4.49. The van der Waals surface area contributed by atoms with E-state index in [1.54, 1.807) is 11.3 Å². The van der Waals surface area contributed by atoms with Crippen molar-refractivity contribution >= 4 is 17.2 Å². The predicted molar refractivity (Wildman–Crippen MR) is 90.8 cm³/mol. The number of carbonyl (C=O) groups excluding carboxylic acids is 1. The van der Waals surface area contributed by atoms with Crippen LogP contribution < -0.4 is 5.32 Å². The van der Waals surface area contributed by atoms with Gasteiger partial charge < -0.3 is 5.32 Å². The first-order valence-electron chi connectivity index (χ1n) is 8.65. The SMILES string of the molecule is CC(C)(C)C1CCC(C(=O)NCc2csc(C3CC3)n2)CC1. The molecule has 0 aromatic carbocycles. The summed E-state index contributed by atoms with van der Waals surface area (Å²) in [6.45, 7) is 7.55. The summed E-state index contributed by atoms with van der Waals surface area (Å²) in [5.74, 6) is 1.91. The molecule has 0 unspecified atom stereocenters. The second-order valence-electron chi connectivity index (χ2n) is 8.08. The summed E-state index contributed by atoms with van der Waals surface area (Å²) in [6.07, 6.45) is 7.03. The molecule has 1 heterocycles. The highest BCUT2D eigenvalue weighted by Gasteiger charge is 2.32. The highest BCUT2D eigenvalue weighted by atomic mass is 32.1. The van der Waals surface area contributed by atoms with Crippen LogP contribution in [0.25, 0.3) is 0 Å². The number of thiazole rings is 1. The van der Waals surface area contributed by atoms with Gasteiger partial charge in [0.1, 0.15) is 0 Å². The Kier molecular flexibility index (Phi) is 4.58. The number of nitrogens with zero attached hydrogens (tertiary/aromatic N) is 1. The van der Waals surface area contributed by atoms with Gasteiger partial charge in [-0.2, -0.15) is 0 Å². The van der Waals surface area contributed by atoms with Crippen LogP contribution in [0.1, 0.15) is 75.9 Å². The number of amides is 1. The fraction of sp³-hybridized carbons (Fsp3) is 0.778. The van der Waals surface area contributed by atoms with E-state index in [9.17, 15) is 4.79 Å². The minimum atomic E-state index is 0.208. The van der Waals surface area contributed by atoms with Crippen LogP contribution in [-0.4, -0.2) is 10.9 Å². The van der Waals surface area contributed by atoms with Gasteiger partial charge in [-0.1, -0.05) is 20.8 Å². The van der Waals surface area contributed by atoms with Gasteiger partial charge in [0, 0.05) is 17.2 Å². The lowest BCUT2D eigenvalue weighted by atomic mass is 9.69. The van der Waals surface area contributed by atoms with Gasteiger partial charge >= 0.3 is 0 Å². The van der Waals surface area contributed by atoms with Crippen molar-refractivity contribution in [3.8, 4) is 0 Å². The van der Waals surface area contributed by atoms with E-state index in [2.05, 4.69) is 36.5 Å². The minimum absolute atomic E-state index is 0.208. The molecule has 1 aromatic heterocycles. The van der Waals surface area contributed by atoms with Gasteiger partial charge in [0.05, 0.1) is 17.2 Å². The zero-order valence-electron chi connectivity index (χ0n) is 14.0. The van der Waals surface area contributed by atoms with Crippen LogP contribution in [0.3, 0.4) is 0 Å². The van der Waals surface area contributed by atoms with Crippen molar-refractivity contribution in [2.75, 3.05) is 0 Å². The third-order valence-electron chi connectivity index (χ3n) is 5.26. The van der Waals surface area contributed by atoms with Crippen LogP contribution in [0.4, 0.5) is 0 Å². The summed E-state index contributed by atoms with van der Waals surface area (Å²) in [5.41, 5.74) is 1.41. The molecule has 122 valence electrons. The summed E-state index contributed by atoms with van der Waals surface area (Å²) in [7, 11) is 0. The van der Waals surface area contributed by atoms with E-state index in [-0.39, 0.29) is 11.8 Å². The molecule has 4 heteroatoms. The first kappa shape index (κ1) is 16.0. The molecule has 1 aromatic rings. The van der Waals surface area contributed by atoms with Crippen molar-refractivity contribution in [3.05, 3.63) is 16.1 Å². The molecule has 0 radical (unpaired) electrons. The molecule has 0 bridgehead atoms. The Morgan fingerprint density at radius 2 is 1.91 bits per heavy atom. The van der Waals surface area contributed by atoms with Crippen molar-refractivity contribution < 1.29 is 4.79 Å². The van der Waals surface area contributed by atoms with Crippen molar-refractivity contribution in [3.63, 3.8) is 0 Å². The van der Waals surface area contributed by atoms with E-state index in [1.165, 1.54) is 30.7 Å². The van der Waals surface area contributed by atoms with Crippen LogP contribution in [0.5, 0.6) is 0 Å². The Labute approximate surface area is 137 Å². The molecule has 3 rings (SSSR count). The Morgan fingerprint density at radius 1 is 1.23 bits per heavy atom. The number of hydrogen-bond acceptors (Lipinski definition) is 3. The van der Waals surface area contributed by atoms with E-state index in [4.69, 9.17) is 0 Å². The van der Waals surface area contributed by atoms with E-state index in [1.807, 2.05) is 0 Å². The molecule has 0 atom stereocenters. The Hall–Kier alpha value is -0.900. The van der Waals surface area contributed by atoms with Crippen molar-refractivity contribution in [2.24, 2.45) is 17.3 Å². The van der Waals surface area contributed by atoms with Crippen molar-refractivity contribution in [1.29, 1.82) is 0 Å². The fourth-order valence-electron chi connectivity index (χ4n) is 3.47.